The van der Waals surface area contributed by atoms with Crippen LogP contribution in [0.15, 0.2) is 29.5 Å². The number of esters is 1. The van der Waals surface area contributed by atoms with E-state index in [4.69, 9.17) is 32.3 Å². The maximum absolute atomic E-state index is 12.2. The molecule has 0 unspecified atom stereocenters. The maximum Gasteiger partial charge on any atom is 0.337 e. The Balaban J connectivity index is 2.37. The molecule has 1 aliphatic heterocycles. The minimum atomic E-state index is -0.522. The summed E-state index contributed by atoms with van der Waals surface area (Å²) < 4.78 is 15.6. The molecule has 0 saturated heterocycles. The Kier molecular flexibility index (Phi) is 6.36. The highest BCUT2D eigenvalue weighted by Crippen LogP contribution is 2.34. The number of hydrogen-bond donors (Lipinski definition) is 4. The summed E-state index contributed by atoms with van der Waals surface area (Å²) in [6, 6.07) is 4.54. The zero-order valence-corrected chi connectivity index (χ0v) is 15.4. The standard InChI is InChI=1S/C16H20N4O5S/c1-8-13(15(22)24-3)14(19-16(26)18-8)9-4-5-10(11(6-9)23-2)25-7-12(21)20-17/h4-6,14H,7,17H2,1-3H3,(H,20,21)(H2,18,19,26)/t14-/m0/s1. The summed E-state index contributed by atoms with van der Waals surface area (Å²) >= 11 is 5.19. The van der Waals surface area contributed by atoms with E-state index in [0.29, 0.717) is 33.4 Å². The maximum atomic E-state index is 12.2. The van der Waals surface area contributed by atoms with Crippen molar-refractivity contribution in [2.75, 3.05) is 20.8 Å². The molecule has 1 aromatic carbocycles. The topological polar surface area (TPSA) is 124 Å². The first-order valence-corrected chi connectivity index (χ1v) is 7.98. The van der Waals surface area contributed by atoms with E-state index in [1.54, 1.807) is 25.1 Å². The number of hydrazine groups is 1. The number of nitrogens with two attached hydrogens (primary N) is 1. The van der Waals surface area contributed by atoms with E-state index in [-0.39, 0.29) is 6.61 Å². The Morgan fingerprint density at radius 1 is 1.31 bits per heavy atom. The van der Waals surface area contributed by atoms with Crippen LogP contribution >= 0.6 is 12.2 Å². The first-order valence-electron chi connectivity index (χ1n) is 7.58. The molecular formula is C16H20N4O5S. The predicted octanol–water partition coefficient (Wildman–Crippen LogP) is 0.0297. The van der Waals surface area contributed by atoms with Crippen molar-refractivity contribution in [3.8, 4) is 11.5 Å². The van der Waals surface area contributed by atoms with Gasteiger partial charge in [-0.25, -0.2) is 10.6 Å². The highest BCUT2D eigenvalue weighted by molar-refractivity contribution is 7.80. The molecular weight excluding hydrogens is 360 g/mol. The number of carbonyl (C=O) groups excluding carboxylic acids is 2. The number of rotatable bonds is 6. The minimum absolute atomic E-state index is 0.256. The molecule has 1 amide bonds. The third-order valence-electron chi connectivity index (χ3n) is 3.72. The number of methoxy groups -OCH3 is 2. The molecule has 9 nitrogen and oxygen atoms in total. The molecule has 2 rings (SSSR count). The summed E-state index contributed by atoms with van der Waals surface area (Å²) in [5.74, 6) is 4.82. The van der Waals surface area contributed by atoms with Crippen LogP contribution in [-0.2, 0) is 14.3 Å². The second-order valence-electron chi connectivity index (χ2n) is 5.33. The lowest BCUT2D eigenvalue weighted by Gasteiger charge is -2.30. The van der Waals surface area contributed by atoms with Crippen LogP contribution in [0.2, 0.25) is 0 Å². The Bertz CT molecular complexity index is 765. The number of hydrogen-bond acceptors (Lipinski definition) is 7. The minimum Gasteiger partial charge on any atom is -0.493 e. The Hall–Kier alpha value is -2.85. The largest absolute Gasteiger partial charge is 0.493 e. The summed E-state index contributed by atoms with van der Waals surface area (Å²) in [4.78, 5) is 23.4. The molecule has 0 fully saturated rings. The van der Waals surface area contributed by atoms with E-state index in [2.05, 4.69) is 10.6 Å². The van der Waals surface area contributed by atoms with Crippen LogP contribution in [0.25, 0.3) is 0 Å². The molecule has 0 aromatic heterocycles. The van der Waals surface area contributed by atoms with Crippen LogP contribution in [0.5, 0.6) is 11.5 Å². The zero-order chi connectivity index (χ0) is 19.3. The fourth-order valence-corrected chi connectivity index (χ4v) is 2.76. The monoisotopic (exact) mass is 380 g/mol. The van der Waals surface area contributed by atoms with Crippen LogP contribution in [0.4, 0.5) is 0 Å². The molecule has 26 heavy (non-hydrogen) atoms. The van der Waals surface area contributed by atoms with E-state index < -0.39 is 17.9 Å². The number of benzene rings is 1. The van der Waals surface area contributed by atoms with Crippen molar-refractivity contribution in [1.82, 2.24) is 16.1 Å². The Morgan fingerprint density at radius 2 is 2.04 bits per heavy atom. The van der Waals surface area contributed by atoms with Crippen molar-refractivity contribution < 1.29 is 23.8 Å². The van der Waals surface area contributed by atoms with Gasteiger partial charge in [0.25, 0.3) is 5.91 Å². The van der Waals surface area contributed by atoms with Crippen LogP contribution in [0, 0.1) is 0 Å². The van der Waals surface area contributed by atoms with Gasteiger partial charge in [0.1, 0.15) is 0 Å². The molecule has 0 radical (unpaired) electrons. The van der Waals surface area contributed by atoms with Crippen molar-refractivity contribution in [2.45, 2.75) is 13.0 Å². The number of carbonyl (C=O) groups is 2. The lowest BCUT2D eigenvalue weighted by molar-refractivity contribution is -0.136. The van der Waals surface area contributed by atoms with E-state index in [0.717, 1.165) is 0 Å². The van der Waals surface area contributed by atoms with E-state index in [1.165, 1.54) is 14.2 Å². The van der Waals surface area contributed by atoms with Gasteiger partial charge < -0.3 is 24.8 Å². The van der Waals surface area contributed by atoms with Crippen molar-refractivity contribution in [2.24, 2.45) is 5.84 Å². The lowest BCUT2D eigenvalue weighted by Crippen LogP contribution is -2.45. The Labute approximate surface area is 155 Å². The zero-order valence-electron chi connectivity index (χ0n) is 14.5. The molecule has 0 aliphatic carbocycles. The van der Waals surface area contributed by atoms with Gasteiger partial charge in [0.05, 0.1) is 25.8 Å². The van der Waals surface area contributed by atoms with E-state index in [1.807, 2.05) is 5.43 Å². The fourth-order valence-electron chi connectivity index (χ4n) is 2.49. The number of allylic oxidation sites excluding steroid dienone is 1. The molecule has 0 saturated carbocycles. The summed E-state index contributed by atoms with van der Waals surface area (Å²) in [7, 11) is 2.78. The predicted molar refractivity (Wildman–Crippen MR) is 97.1 cm³/mol. The van der Waals surface area contributed by atoms with Crippen LogP contribution in [0.3, 0.4) is 0 Å². The summed E-state index contributed by atoms with van der Waals surface area (Å²) in [6.07, 6.45) is 0. The molecule has 1 aromatic rings. The molecule has 0 bridgehead atoms. The smallest absolute Gasteiger partial charge is 0.337 e. The van der Waals surface area contributed by atoms with Crippen molar-refractivity contribution in [3.63, 3.8) is 0 Å². The molecule has 10 heteroatoms. The summed E-state index contributed by atoms with van der Waals surface area (Å²) in [5, 5.41) is 6.34. The van der Waals surface area contributed by atoms with E-state index in [9.17, 15) is 9.59 Å². The van der Waals surface area contributed by atoms with Gasteiger partial charge in [-0.05, 0) is 36.8 Å². The Morgan fingerprint density at radius 3 is 2.65 bits per heavy atom. The quantitative estimate of drug-likeness (QED) is 0.178. The van der Waals surface area contributed by atoms with Gasteiger partial charge in [-0.2, -0.15) is 0 Å². The number of amides is 1. The average Bonchev–Trinajstić information content (AvgIpc) is 2.64. The van der Waals surface area contributed by atoms with Crippen LogP contribution in [0.1, 0.15) is 18.5 Å². The third kappa shape index (κ3) is 4.21. The van der Waals surface area contributed by atoms with Gasteiger partial charge in [-0.15, -0.1) is 0 Å². The van der Waals surface area contributed by atoms with Gasteiger partial charge >= 0.3 is 5.97 Å². The summed E-state index contributed by atoms with van der Waals surface area (Å²) in [6.45, 7) is 1.49. The fraction of sp³-hybridized carbons (Fsp3) is 0.312. The molecule has 0 spiro atoms. The molecule has 5 N–H and O–H groups in total. The average molecular weight is 380 g/mol. The lowest BCUT2D eigenvalue weighted by atomic mass is 9.95. The highest BCUT2D eigenvalue weighted by Gasteiger charge is 2.31. The molecule has 140 valence electrons. The highest BCUT2D eigenvalue weighted by atomic mass is 32.1. The second-order valence-corrected chi connectivity index (χ2v) is 5.74. The molecule has 1 aliphatic rings. The van der Waals surface area contributed by atoms with Gasteiger partial charge in [-0.3, -0.25) is 10.2 Å². The van der Waals surface area contributed by atoms with Gasteiger partial charge in [-0.1, -0.05) is 6.07 Å². The second kappa shape index (κ2) is 8.50. The third-order valence-corrected chi connectivity index (χ3v) is 3.94. The number of nitrogens with one attached hydrogen (secondary N) is 3. The van der Waals surface area contributed by atoms with Gasteiger partial charge in [0.2, 0.25) is 0 Å². The number of ether oxygens (including phenoxy) is 3. The van der Waals surface area contributed by atoms with E-state index >= 15 is 0 Å². The van der Waals surface area contributed by atoms with Gasteiger partial charge in [0, 0.05) is 5.70 Å². The van der Waals surface area contributed by atoms with Crippen molar-refractivity contribution >= 4 is 29.2 Å². The first kappa shape index (κ1) is 19.5. The van der Waals surface area contributed by atoms with Crippen LogP contribution in [-0.4, -0.2) is 37.8 Å². The van der Waals surface area contributed by atoms with Gasteiger partial charge in [0.15, 0.2) is 23.2 Å². The SMILES string of the molecule is COC(=O)C1=C(C)NC(=S)N[C@H]1c1ccc(OCC(=O)NN)c(OC)c1. The van der Waals surface area contributed by atoms with Crippen molar-refractivity contribution in [1.29, 1.82) is 0 Å². The van der Waals surface area contributed by atoms with Crippen LogP contribution < -0.4 is 31.4 Å². The van der Waals surface area contributed by atoms with Crippen molar-refractivity contribution in [3.05, 3.63) is 35.0 Å². The summed E-state index contributed by atoms with van der Waals surface area (Å²) in [5.41, 5.74) is 3.69. The first-order chi connectivity index (χ1) is 12.4. The number of thiocarbonyl (C=S) groups is 1. The molecule has 1 heterocycles. The molecule has 1 atom stereocenters. The normalized spacial score (nSPS) is 16.3.